The third-order valence-electron chi connectivity index (χ3n) is 5.60. The van der Waals surface area contributed by atoms with Crippen molar-refractivity contribution in [1.82, 2.24) is 19.3 Å². The molecule has 170 valence electrons. The zero-order chi connectivity index (χ0) is 23.4. The molecule has 0 bridgehead atoms. The van der Waals surface area contributed by atoms with Gasteiger partial charge >= 0.3 is 0 Å². The minimum absolute atomic E-state index is 0.102. The first-order chi connectivity index (χ1) is 15.9. The number of nitrogens with one attached hydrogen (secondary N) is 1. The number of aromatic nitrogens is 3. The number of benzene rings is 2. The Hall–Kier alpha value is -3.36. The molecule has 0 fully saturated rings. The van der Waals surface area contributed by atoms with Gasteiger partial charge in [-0.1, -0.05) is 38.1 Å². The van der Waals surface area contributed by atoms with E-state index in [2.05, 4.69) is 10.3 Å². The molecule has 0 saturated heterocycles. The highest BCUT2D eigenvalue weighted by molar-refractivity contribution is 7.89. The molecular formula is C25H27N5O2S. The SMILES string of the molecule is CCN(CC)S(=O)(=O)c1ccc(C(C)Nc2nc(-c3cccnc3)nc3ccccc23)cc1. The fraction of sp³-hybridized carbons (Fsp3) is 0.240. The van der Waals surface area contributed by atoms with E-state index < -0.39 is 10.0 Å². The van der Waals surface area contributed by atoms with Crippen LogP contribution in [0, 0.1) is 0 Å². The number of hydrogen-bond acceptors (Lipinski definition) is 6. The van der Waals surface area contributed by atoms with Crippen molar-refractivity contribution in [3.8, 4) is 11.4 Å². The van der Waals surface area contributed by atoms with E-state index in [1.807, 2.05) is 69.3 Å². The highest BCUT2D eigenvalue weighted by Crippen LogP contribution is 2.28. The van der Waals surface area contributed by atoms with Crippen molar-refractivity contribution in [2.24, 2.45) is 0 Å². The lowest BCUT2D eigenvalue weighted by Gasteiger charge is -2.20. The molecule has 7 nitrogen and oxygen atoms in total. The average Bonchev–Trinajstić information content (AvgIpc) is 2.85. The largest absolute Gasteiger partial charge is 0.363 e. The number of sulfonamides is 1. The van der Waals surface area contributed by atoms with Crippen LogP contribution < -0.4 is 5.32 Å². The van der Waals surface area contributed by atoms with Crippen molar-refractivity contribution in [2.75, 3.05) is 18.4 Å². The van der Waals surface area contributed by atoms with Crippen LogP contribution in [0.3, 0.4) is 0 Å². The molecule has 0 spiro atoms. The Labute approximate surface area is 194 Å². The summed E-state index contributed by atoms with van der Waals surface area (Å²) in [6, 6.07) is 18.6. The predicted molar refractivity (Wildman–Crippen MR) is 131 cm³/mol. The van der Waals surface area contributed by atoms with E-state index in [-0.39, 0.29) is 6.04 Å². The van der Waals surface area contributed by atoms with E-state index in [0.29, 0.717) is 29.6 Å². The second kappa shape index (κ2) is 9.64. The number of pyridine rings is 1. The topological polar surface area (TPSA) is 88.1 Å². The Morgan fingerprint density at radius 2 is 1.67 bits per heavy atom. The summed E-state index contributed by atoms with van der Waals surface area (Å²) in [6.07, 6.45) is 3.46. The monoisotopic (exact) mass is 461 g/mol. The fourth-order valence-corrected chi connectivity index (χ4v) is 5.20. The molecule has 0 aliphatic heterocycles. The van der Waals surface area contributed by atoms with Crippen molar-refractivity contribution in [3.05, 3.63) is 78.6 Å². The van der Waals surface area contributed by atoms with Gasteiger partial charge in [-0.3, -0.25) is 4.98 Å². The van der Waals surface area contributed by atoms with Gasteiger partial charge in [0.05, 0.1) is 10.4 Å². The molecule has 1 atom stereocenters. The Kier molecular flexibility index (Phi) is 6.67. The summed E-state index contributed by atoms with van der Waals surface area (Å²) in [5, 5.41) is 4.40. The van der Waals surface area contributed by atoms with E-state index in [0.717, 1.165) is 22.0 Å². The van der Waals surface area contributed by atoms with E-state index in [1.54, 1.807) is 24.5 Å². The highest BCUT2D eigenvalue weighted by Gasteiger charge is 2.21. The first-order valence-electron chi connectivity index (χ1n) is 11.0. The van der Waals surface area contributed by atoms with E-state index >= 15 is 0 Å². The second-order valence-corrected chi connectivity index (χ2v) is 9.62. The molecule has 4 aromatic rings. The molecule has 1 unspecified atom stereocenters. The van der Waals surface area contributed by atoms with Crippen molar-refractivity contribution < 1.29 is 8.42 Å². The van der Waals surface area contributed by atoms with Crippen LogP contribution in [0.4, 0.5) is 5.82 Å². The lowest BCUT2D eigenvalue weighted by atomic mass is 10.1. The number of hydrogen-bond donors (Lipinski definition) is 1. The maximum atomic E-state index is 12.8. The Morgan fingerprint density at radius 1 is 0.939 bits per heavy atom. The summed E-state index contributed by atoms with van der Waals surface area (Å²) in [6.45, 7) is 6.59. The lowest BCUT2D eigenvalue weighted by molar-refractivity contribution is 0.445. The summed E-state index contributed by atoms with van der Waals surface area (Å²) in [5.41, 5.74) is 2.63. The van der Waals surface area contributed by atoms with Crippen molar-refractivity contribution >= 4 is 26.7 Å². The van der Waals surface area contributed by atoms with Crippen LogP contribution >= 0.6 is 0 Å². The standard InChI is InChI=1S/C25H27N5O2S/c1-4-30(5-2)33(31,32)21-14-12-19(13-15-21)18(3)27-25-22-10-6-7-11-23(22)28-24(29-25)20-9-8-16-26-17-20/h6-18H,4-5H2,1-3H3,(H,27,28,29). The molecule has 2 aromatic heterocycles. The van der Waals surface area contributed by atoms with Crippen molar-refractivity contribution in [1.29, 1.82) is 0 Å². The van der Waals surface area contributed by atoms with E-state index in [4.69, 9.17) is 9.97 Å². The lowest BCUT2D eigenvalue weighted by Crippen LogP contribution is -2.30. The third kappa shape index (κ3) is 4.72. The van der Waals surface area contributed by atoms with Crippen LogP contribution in [0.25, 0.3) is 22.3 Å². The number of rotatable bonds is 8. The Balaban J connectivity index is 1.65. The summed E-state index contributed by atoms with van der Waals surface area (Å²) in [4.78, 5) is 13.9. The number of para-hydroxylation sites is 1. The molecule has 2 heterocycles. The summed E-state index contributed by atoms with van der Waals surface area (Å²) >= 11 is 0. The van der Waals surface area contributed by atoms with Gasteiger partial charge in [0, 0.05) is 42.5 Å². The zero-order valence-corrected chi connectivity index (χ0v) is 19.7. The quantitative estimate of drug-likeness (QED) is 0.402. The van der Waals surface area contributed by atoms with Crippen molar-refractivity contribution in [2.45, 2.75) is 31.7 Å². The smallest absolute Gasteiger partial charge is 0.243 e. The summed E-state index contributed by atoms with van der Waals surface area (Å²) < 4.78 is 27.0. The molecule has 0 radical (unpaired) electrons. The predicted octanol–water partition coefficient (Wildman–Crippen LogP) is 4.90. The van der Waals surface area contributed by atoms with Crippen LogP contribution in [-0.2, 0) is 10.0 Å². The maximum absolute atomic E-state index is 12.8. The summed E-state index contributed by atoms with van der Waals surface area (Å²) in [5.74, 6) is 1.31. The number of anilines is 1. The molecule has 0 aliphatic rings. The van der Waals surface area contributed by atoms with Gasteiger partial charge in [-0.25, -0.2) is 18.4 Å². The first kappa shape index (κ1) is 22.8. The first-order valence-corrected chi connectivity index (χ1v) is 12.4. The van der Waals surface area contributed by atoms with Gasteiger partial charge in [0.2, 0.25) is 10.0 Å². The molecule has 0 saturated carbocycles. The minimum atomic E-state index is -3.48. The number of nitrogens with zero attached hydrogens (tertiary/aromatic N) is 4. The minimum Gasteiger partial charge on any atom is -0.363 e. The van der Waals surface area contributed by atoms with Crippen LogP contribution in [0.15, 0.2) is 78.0 Å². The van der Waals surface area contributed by atoms with Gasteiger partial charge in [0.1, 0.15) is 5.82 Å². The fourth-order valence-electron chi connectivity index (χ4n) is 3.74. The molecule has 33 heavy (non-hydrogen) atoms. The molecule has 1 N–H and O–H groups in total. The maximum Gasteiger partial charge on any atom is 0.243 e. The number of fused-ring (bicyclic) bond motifs is 1. The van der Waals surface area contributed by atoms with Gasteiger partial charge in [-0.05, 0) is 48.9 Å². The van der Waals surface area contributed by atoms with Gasteiger partial charge in [0.25, 0.3) is 0 Å². The Morgan fingerprint density at radius 3 is 2.33 bits per heavy atom. The average molecular weight is 462 g/mol. The van der Waals surface area contributed by atoms with Gasteiger partial charge in [-0.15, -0.1) is 0 Å². The van der Waals surface area contributed by atoms with Gasteiger partial charge < -0.3 is 5.32 Å². The van der Waals surface area contributed by atoms with Crippen molar-refractivity contribution in [3.63, 3.8) is 0 Å². The van der Waals surface area contributed by atoms with E-state index in [9.17, 15) is 8.42 Å². The molecule has 2 aromatic carbocycles. The van der Waals surface area contributed by atoms with Crippen LogP contribution in [-0.4, -0.2) is 40.8 Å². The second-order valence-electron chi connectivity index (χ2n) is 7.68. The summed E-state index contributed by atoms with van der Waals surface area (Å²) in [7, 11) is -3.48. The van der Waals surface area contributed by atoms with Crippen LogP contribution in [0.1, 0.15) is 32.4 Å². The molecular weight excluding hydrogens is 434 g/mol. The normalized spacial score (nSPS) is 12.7. The highest BCUT2D eigenvalue weighted by atomic mass is 32.2. The zero-order valence-electron chi connectivity index (χ0n) is 18.9. The van der Waals surface area contributed by atoms with Gasteiger partial charge in [0.15, 0.2) is 5.82 Å². The molecule has 0 amide bonds. The molecule has 4 rings (SSSR count). The van der Waals surface area contributed by atoms with Crippen LogP contribution in [0.5, 0.6) is 0 Å². The molecule has 8 heteroatoms. The Bertz CT molecular complexity index is 1340. The molecule has 0 aliphatic carbocycles. The third-order valence-corrected chi connectivity index (χ3v) is 7.66. The van der Waals surface area contributed by atoms with Gasteiger partial charge in [-0.2, -0.15) is 4.31 Å². The van der Waals surface area contributed by atoms with E-state index in [1.165, 1.54) is 4.31 Å². The van der Waals surface area contributed by atoms with Crippen LogP contribution in [0.2, 0.25) is 0 Å².